The van der Waals surface area contributed by atoms with Crippen molar-refractivity contribution in [3.63, 3.8) is 0 Å². The minimum absolute atomic E-state index is 0.0450. The molecular formula is C12H11BO2. The van der Waals surface area contributed by atoms with Crippen LogP contribution in [0.15, 0.2) is 42.5 Å². The van der Waals surface area contributed by atoms with Crippen LogP contribution >= 0.6 is 0 Å². The van der Waals surface area contributed by atoms with Gasteiger partial charge in [0.05, 0.1) is 0 Å². The van der Waals surface area contributed by atoms with Crippen LogP contribution in [0.5, 0.6) is 11.5 Å². The van der Waals surface area contributed by atoms with Crippen molar-refractivity contribution >= 4 is 13.3 Å². The van der Waals surface area contributed by atoms with Crippen LogP contribution < -0.4 is 5.46 Å². The van der Waals surface area contributed by atoms with Crippen LogP contribution in [0.1, 0.15) is 0 Å². The van der Waals surface area contributed by atoms with Gasteiger partial charge in [-0.3, -0.25) is 0 Å². The highest BCUT2D eigenvalue weighted by Crippen LogP contribution is 2.27. The quantitative estimate of drug-likeness (QED) is 0.530. The van der Waals surface area contributed by atoms with Gasteiger partial charge in [0, 0.05) is 0 Å². The third-order valence-electron chi connectivity index (χ3n) is 2.49. The molecule has 0 saturated carbocycles. The average Bonchev–Trinajstić information content (AvgIpc) is 2.27. The van der Waals surface area contributed by atoms with E-state index in [0.29, 0.717) is 5.46 Å². The minimum Gasteiger partial charge on any atom is -0.505 e. The number of aromatic hydroxyl groups is 2. The average molecular weight is 198 g/mol. The fourth-order valence-corrected chi connectivity index (χ4v) is 1.62. The van der Waals surface area contributed by atoms with Gasteiger partial charge in [0.25, 0.3) is 0 Å². The standard InChI is InChI=1S/C12H11BO2/c13-11-9(6-7-10(14)12(11)15)8-4-2-1-3-5-8/h1-7,14-15H,13H2. The minimum atomic E-state index is -0.0767. The molecule has 74 valence electrons. The summed E-state index contributed by atoms with van der Waals surface area (Å²) in [7, 11) is 1.79. The van der Waals surface area contributed by atoms with Crippen LogP contribution in [0.25, 0.3) is 11.1 Å². The van der Waals surface area contributed by atoms with E-state index in [1.807, 2.05) is 30.3 Å². The first-order valence-electron chi connectivity index (χ1n) is 4.77. The number of benzene rings is 2. The molecule has 0 radical (unpaired) electrons. The van der Waals surface area contributed by atoms with E-state index < -0.39 is 0 Å². The molecular weight excluding hydrogens is 187 g/mol. The number of hydrogen-bond donors (Lipinski definition) is 2. The summed E-state index contributed by atoms with van der Waals surface area (Å²) in [5.74, 6) is -0.122. The molecule has 3 heteroatoms. The van der Waals surface area contributed by atoms with Crippen LogP contribution in [0.2, 0.25) is 0 Å². The van der Waals surface area contributed by atoms with Gasteiger partial charge >= 0.3 is 0 Å². The molecule has 0 saturated heterocycles. The van der Waals surface area contributed by atoms with Gasteiger partial charge in [-0.25, -0.2) is 0 Å². The van der Waals surface area contributed by atoms with E-state index in [1.54, 1.807) is 13.9 Å². The molecule has 2 aromatic carbocycles. The summed E-state index contributed by atoms with van der Waals surface area (Å²) in [6, 6.07) is 13.1. The summed E-state index contributed by atoms with van der Waals surface area (Å²) < 4.78 is 0. The van der Waals surface area contributed by atoms with Gasteiger partial charge in [-0.15, -0.1) is 0 Å². The Bertz CT molecular complexity index is 480. The lowest BCUT2D eigenvalue weighted by molar-refractivity contribution is 0.407. The van der Waals surface area contributed by atoms with Crippen molar-refractivity contribution in [3.05, 3.63) is 42.5 Å². The molecule has 2 rings (SSSR count). The Morgan fingerprint density at radius 2 is 1.53 bits per heavy atom. The number of rotatable bonds is 1. The highest BCUT2D eigenvalue weighted by molar-refractivity contribution is 6.38. The molecule has 2 N–H and O–H groups in total. The van der Waals surface area contributed by atoms with Crippen molar-refractivity contribution in [1.82, 2.24) is 0 Å². The van der Waals surface area contributed by atoms with Gasteiger partial charge < -0.3 is 10.2 Å². The first kappa shape index (κ1) is 9.65. The second-order valence-corrected chi connectivity index (χ2v) is 3.47. The predicted octanol–water partition coefficient (Wildman–Crippen LogP) is 1.02. The summed E-state index contributed by atoms with van der Waals surface area (Å²) in [6.07, 6.45) is 0. The molecule has 15 heavy (non-hydrogen) atoms. The van der Waals surface area contributed by atoms with Crippen molar-refractivity contribution < 1.29 is 10.2 Å². The molecule has 0 unspecified atom stereocenters. The lowest BCUT2D eigenvalue weighted by atomic mass is 9.86. The Labute approximate surface area is 89.2 Å². The van der Waals surface area contributed by atoms with E-state index >= 15 is 0 Å². The van der Waals surface area contributed by atoms with E-state index in [0.717, 1.165) is 11.1 Å². The Morgan fingerprint density at radius 3 is 2.20 bits per heavy atom. The van der Waals surface area contributed by atoms with Crippen molar-refractivity contribution in [1.29, 1.82) is 0 Å². The molecule has 0 spiro atoms. The van der Waals surface area contributed by atoms with Gasteiger partial charge in [-0.2, -0.15) is 0 Å². The maximum atomic E-state index is 9.60. The summed E-state index contributed by atoms with van der Waals surface area (Å²) >= 11 is 0. The monoisotopic (exact) mass is 198 g/mol. The van der Waals surface area contributed by atoms with Crippen LogP contribution in [-0.2, 0) is 0 Å². The maximum absolute atomic E-state index is 9.60. The highest BCUT2D eigenvalue weighted by Gasteiger charge is 2.08. The van der Waals surface area contributed by atoms with Crippen LogP contribution in [0, 0.1) is 0 Å². The van der Waals surface area contributed by atoms with Crippen molar-refractivity contribution in [2.24, 2.45) is 0 Å². The number of phenols is 2. The number of hydrogen-bond acceptors (Lipinski definition) is 2. The molecule has 0 bridgehead atoms. The zero-order valence-corrected chi connectivity index (χ0v) is 8.44. The van der Waals surface area contributed by atoms with Crippen molar-refractivity contribution in [3.8, 4) is 22.6 Å². The fraction of sp³-hybridized carbons (Fsp3) is 0. The SMILES string of the molecule is Bc1c(-c2ccccc2)ccc(O)c1O. The van der Waals surface area contributed by atoms with E-state index in [9.17, 15) is 10.2 Å². The van der Waals surface area contributed by atoms with Crippen molar-refractivity contribution in [2.75, 3.05) is 0 Å². The van der Waals surface area contributed by atoms with E-state index in [4.69, 9.17) is 0 Å². The first-order valence-corrected chi connectivity index (χ1v) is 4.77. The Kier molecular flexibility index (Phi) is 2.38. The van der Waals surface area contributed by atoms with E-state index in [1.165, 1.54) is 6.07 Å². The zero-order valence-electron chi connectivity index (χ0n) is 8.44. The summed E-state index contributed by atoms with van der Waals surface area (Å²) in [6.45, 7) is 0. The largest absolute Gasteiger partial charge is 0.505 e. The van der Waals surface area contributed by atoms with Crippen LogP contribution in [0.4, 0.5) is 0 Å². The van der Waals surface area contributed by atoms with Gasteiger partial charge in [0.2, 0.25) is 0 Å². The summed E-state index contributed by atoms with van der Waals surface area (Å²) in [5.41, 5.74) is 2.66. The molecule has 0 aromatic heterocycles. The highest BCUT2D eigenvalue weighted by atomic mass is 16.3. The van der Waals surface area contributed by atoms with E-state index in [2.05, 4.69) is 0 Å². The third-order valence-corrected chi connectivity index (χ3v) is 2.49. The van der Waals surface area contributed by atoms with Gasteiger partial charge in [-0.1, -0.05) is 36.4 Å². The molecule has 0 amide bonds. The number of phenolic OH excluding ortho intramolecular Hbond substituents is 2. The Hall–Kier alpha value is -1.90. The van der Waals surface area contributed by atoms with Gasteiger partial charge in [0.1, 0.15) is 7.85 Å². The molecule has 0 aliphatic rings. The second-order valence-electron chi connectivity index (χ2n) is 3.47. The Morgan fingerprint density at radius 1 is 0.867 bits per heavy atom. The summed E-state index contributed by atoms with van der Waals surface area (Å²) in [5, 5.41) is 18.9. The molecule has 0 aliphatic carbocycles. The van der Waals surface area contributed by atoms with Gasteiger partial charge in [-0.05, 0) is 22.7 Å². The molecule has 2 nitrogen and oxygen atoms in total. The first-order chi connectivity index (χ1) is 7.20. The second kappa shape index (κ2) is 3.69. The topological polar surface area (TPSA) is 40.5 Å². The lowest BCUT2D eigenvalue weighted by Crippen LogP contribution is -2.07. The molecule has 0 heterocycles. The normalized spacial score (nSPS) is 10.1. The van der Waals surface area contributed by atoms with Gasteiger partial charge in [0.15, 0.2) is 11.5 Å². The molecule has 0 aliphatic heterocycles. The van der Waals surface area contributed by atoms with Crippen LogP contribution in [-0.4, -0.2) is 18.1 Å². The molecule has 2 aromatic rings. The third kappa shape index (κ3) is 1.68. The predicted molar refractivity (Wildman–Crippen MR) is 63.4 cm³/mol. The summed E-state index contributed by atoms with van der Waals surface area (Å²) in [4.78, 5) is 0. The zero-order chi connectivity index (χ0) is 10.8. The fourth-order valence-electron chi connectivity index (χ4n) is 1.62. The molecule has 0 fully saturated rings. The van der Waals surface area contributed by atoms with Crippen molar-refractivity contribution in [2.45, 2.75) is 0 Å². The van der Waals surface area contributed by atoms with Crippen LogP contribution in [0.3, 0.4) is 0 Å². The molecule has 0 atom stereocenters. The maximum Gasteiger partial charge on any atom is 0.156 e. The smallest absolute Gasteiger partial charge is 0.156 e. The lowest BCUT2D eigenvalue weighted by Gasteiger charge is -2.09. The Balaban J connectivity index is 2.60. The van der Waals surface area contributed by atoms with E-state index in [-0.39, 0.29) is 11.5 Å².